The van der Waals surface area contributed by atoms with Crippen LogP contribution in [0.3, 0.4) is 0 Å². The van der Waals surface area contributed by atoms with Crippen LogP contribution in [0.2, 0.25) is 0 Å². The van der Waals surface area contributed by atoms with Crippen molar-refractivity contribution in [1.82, 2.24) is 0 Å². The summed E-state index contributed by atoms with van der Waals surface area (Å²) >= 11 is 0. The van der Waals surface area contributed by atoms with Gasteiger partial charge >= 0.3 is 0 Å². The molecule has 3 N–H and O–H groups in total. The Balaban J connectivity index is 1.58. The molecule has 132 valence electrons. The topological polar surface area (TPSA) is 92.5 Å². The molecule has 0 unspecified atom stereocenters. The zero-order chi connectivity index (χ0) is 17.9. The summed E-state index contributed by atoms with van der Waals surface area (Å²) in [4.78, 5) is 12.1. The van der Waals surface area contributed by atoms with Crippen molar-refractivity contribution in [3.05, 3.63) is 54.1 Å². The van der Waals surface area contributed by atoms with Gasteiger partial charge in [-0.3, -0.25) is 9.10 Å². The maximum Gasteiger partial charge on any atom is 0.235 e. The van der Waals surface area contributed by atoms with Crippen LogP contribution in [0.25, 0.3) is 0 Å². The fourth-order valence-electron chi connectivity index (χ4n) is 2.87. The first kappa shape index (κ1) is 17.3. The Hall–Kier alpha value is -2.54. The zero-order valence-electron chi connectivity index (χ0n) is 13.8. The third kappa shape index (κ3) is 4.11. The summed E-state index contributed by atoms with van der Waals surface area (Å²) in [7, 11) is -3.19. The Labute approximate surface area is 147 Å². The van der Waals surface area contributed by atoms with Crippen molar-refractivity contribution in [2.45, 2.75) is 19.3 Å². The highest BCUT2D eigenvalue weighted by molar-refractivity contribution is 7.93. The standard InChI is InChI=1S/C18H21N3O3S/c19-17-5-2-1-4-14(17)6-11-18(22)20-15-7-9-16(10-8-15)21-12-3-13-25(21,23)24/h1-2,4-5,7-10H,3,6,11-13,19H2,(H,20,22). The Bertz CT molecular complexity index is 863. The van der Waals surface area contributed by atoms with E-state index in [-0.39, 0.29) is 11.7 Å². The second-order valence-corrected chi connectivity index (χ2v) is 8.05. The van der Waals surface area contributed by atoms with Gasteiger partial charge in [0, 0.05) is 24.3 Å². The zero-order valence-corrected chi connectivity index (χ0v) is 14.6. The number of benzene rings is 2. The summed E-state index contributed by atoms with van der Waals surface area (Å²) in [5.41, 5.74) is 8.79. The van der Waals surface area contributed by atoms with Crippen molar-refractivity contribution < 1.29 is 13.2 Å². The van der Waals surface area contributed by atoms with Crippen LogP contribution in [-0.4, -0.2) is 26.6 Å². The largest absolute Gasteiger partial charge is 0.399 e. The van der Waals surface area contributed by atoms with Crippen molar-refractivity contribution >= 4 is 33.0 Å². The van der Waals surface area contributed by atoms with E-state index >= 15 is 0 Å². The van der Waals surface area contributed by atoms with E-state index in [9.17, 15) is 13.2 Å². The molecule has 1 fully saturated rings. The fourth-order valence-corrected chi connectivity index (χ4v) is 4.44. The molecule has 2 aromatic rings. The van der Waals surface area contributed by atoms with E-state index in [1.54, 1.807) is 24.3 Å². The van der Waals surface area contributed by atoms with Crippen molar-refractivity contribution in [2.24, 2.45) is 0 Å². The minimum absolute atomic E-state index is 0.107. The number of para-hydroxylation sites is 1. The summed E-state index contributed by atoms with van der Waals surface area (Å²) in [6.07, 6.45) is 1.54. The van der Waals surface area contributed by atoms with Gasteiger partial charge in [0.1, 0.15) is 0 Å². The summed E-state index contributed by atoms with van der Waals surface area (Å²) in [6.45, 7) is 0.506. The van der Waals surface area contributed by atoms with Crippen molar-refractivity contribution in [2.75, 3.05) is 27.7 Å². The molecule has 7 heteroatoms. The molecule has 1 amide bonds. The SMILES string of the molecule is Nc1ccccc1CCC(=O)Nc1ccc(N2CCCS2(=O)=O)cc1. The number of carbonyl (C=O) groups excluding carboxylic acids is 1. The second-order valence-electron chi connectivity index (χ2n) is 6.04. The lowest BCUT2D eigenvalue weighted by Gasteiger charge is -2.17. The van der Waals surface area contributed by atoms with Crippen LogP contribution in [0.1, 0.15) is 18.4 Å². The van der Waals surface area contributed by atoms with Gasteiger partial charge in [-0.05, 0) is 48.7 Å². The van der Waals surface area contributed by atoms with E-state index in [2.05, 4.69) is 5.32 Å². The number of nitrogens with zero attached hydrogens (tertiary/aromatic N) is 1. The minimum Gasteiger partial charge on any atom is -0.399 e. The lowest BCUT2D eigenvalue weighted by atomic mass is 10.1. The lowest BCUT2D eigenvalue weighted by Crippen LogP contribution is -2.25. The number of carbonyl (C=O) groups is 1. The van der Waals surface area contributed by atoms with Crippen molar-refractivity contribution in [3.63, 3.8) is 0 Å². The van der Waals surface area contributed by atoms with Crippen LogP contribution in [0.4, 0.5) is 17.1 Å². The number of sulfonamides is 1. The Kier molecular flexibility index (Phi) is 4.94. The third-order valence-corrected chi connectivity index (χ3v) is 6.08. The Morgan fingerprint density at radius 1 is 1.12 bits per heavy atom. The van der Waals surface area contributed by atoms with Crippen molar-refractivity contribution in [3.8, 4) is 0 Å². The molecule has 0 saturated carbocycles. The summed E-state index contributed by atoms with van der Waals surface area (Å²) in [5.74, 6) is 0.0819. The molecular formula is C18H21N3O3S. The molecule has 0 bridgehead atoms. The summed E-state index contributed by atoms with van der Waals surface area (Å²) in [5, 5.41) is 2.82. The molecule has 1 aliphatic heterocycles. The monoisotopic (exact) mass is 359 g/mol. The predicted octanol–water partition coefficient (Wildman–Crippen LogP) is 2.38. The quantitative estimate of drug-likeness (QED) is 0.802. The fraction of sp³-hybridized carbons (Fsp3) is 0.278. The maximum absolute atomic E-state index is 12.1. The molecule has 1 aliphatic rings. The number of nitrogen functional groups attached to an aromatic ring is 1. The van der Waals surface area contributed by atoms with E-state index in [4.69, 9.17) is 5.73 Å². The first-order valence-corrected chi connectivity index (χ1v) is 9.80. The van der Waals surface area contributed by atoms with Crippen LogP contribution in [-0.2, 0) is 21.2 Å². The normalized spacial score (nSPS) is 15.9. The number of hydrogen-bond donors (Lipinski definition) is 2. The highest BCUT2D eigenvalue weighted by Gasteiger charge is 2.28. The number of anilines is 3. The molecule has 1 heterocycles. The third-order valence-electron chi connectivity index (χ3n) is 4.21. The molecule has 0 radical (unpaired) electrons. The average molecular weight is 359 g/mol. The van der Waals surface area contributed by atoms with E-state index in [1.807, 2.05) is 24.3 Å². The smallest absolute Gasteiger partial charge is 0.235 e. The Morgan fingerprint density at radius 2 is 1.84 bits per heavy atom. The molecule has 1 saturated heterocycles. The van der Waals surface area contributed by atoms with Crippen LogP contribution >= 0.6 is 0 Å². The predicted molar refractivity (Wildman–Crippen MR) is 100.0 cm³/mol. The van der Waals surface area contributed by atoms with Gasteiger partial charge < -0.3 is 11.1 Å². The molecule has 0 aliphatic carbocycles. The van der Waals surface area contributed by atoms with Gasteiger partial charge in [-0.15, -0.1) is 0 Å². The number of nitrogens with one attached hydrogen (secondary N) is 1. The minimum atomic E-state index is -3.19. The molecule has 25 heavy (non-hydrogen) atoms. The van der Waals surface area contributed by atoms with Gasteiger partial charge in [0.15, 0.2) is 0 Å². The van der Waals surface area contributed by atoms with Crippen LogP contribution < -0.4 is 15.4 Å². The van der Waals surface area contributed by atoms with Gasteiger partial charge in [-0.1, -0.05) is 18.2 Å². The average Bonchev–Trinajstić information content (AvgIpc) is 2.94. The first-order valence-electron chi connectivity index (χ1n) is 8.19. The van der Waals surface area contributed by atoms with E-state index < -0.39 is 10.0 Å². The molecular weight excluding hydrogens is 338 g/mol. The number of nitrogens with two attached hydrogens (primary N) is 1. The van der Waals surface area contributed by atoms with Crippen molar-refractivity contribution in [1.29, 1.82) is 0 Å². The first-order chi connectivity index (χ1) is 12.0. The highest BCUT2D eigenvalue weighted by atomic mass is 32.2. The van der Waals surface area contributed by atoms with Gasteiger partial charge in [0.05, 0.1) is 11.4 Å². The molecule has 6 nitrogen and oxygen atoms in total. The number of amides is 1. The van der Waals surface area contributed by atoms with E-state index in [0.717, 1.165) is 5.56 Å². The number of aryl methyl sites for hydroxylation is 1. The molecule has 0 aromatic heterocycles. The van der Waals surface area contributed by atoms with Crippen LogP contribution in [0, 0.1) is 0 Å². The van der Waals surface area contributed by atoms with Gasteiger partial charge in [0.2, 0.25) is 15.9 Å². The Morgan fingerprint density at radius 3 is 2.48 bits per heavy atom. The van der Waals surface area contributed by atoms with Gasteiger partial charge in [-0.25, -0.2) is 8.42 Å². The molecule has 0 atom stereocenters. The maximum atomic E-state index is 12.1. The molecule has 2 aromatic carbocycles. The second kappa shape index (κ2) is 7.14. The molecule has 3 rings (SSSR count). The lowest BCUT2D eigenvalue weighted by molar-refractivity contribution is -0.116. The summed E-state index contributed by atoms with van der Waals surface area (Å²) < 4.78 is 25.3. The van der Waals surface area contributed by atoms with E-state index in [1.165, 1.54) is 4.31 Å². The van der Waals surface area contributed by atoms with Crippen LogP contribution in [0.15, 0.2) is 48.5 Å². The number of hydrogen-bond acceptors (Lipinski definition) is 4. The highest BCUT2D eigenvalue weighted by Crippen LogP contribution is 2.25. The van der Waals surface area contributed by atoms with E-state index in [0.29, 0.717) is 42.9 Å². The van der Waals surface area contributed by atoms with Gasteiger partial charge in [-0.2, -0.15) is 0 Å². The van der Waals surface area contributed by atoms with Gasteiger partial charge in [0.25, 0.3) is 0 Å². The summed E-state index contributed by atoms with van der Waals surface area (Å²) in [6, 6.07) is 14.4. The molecule has 0 spiro atoms. The van der Waals surface area contributed by atoms with Crippen LogP contribution in [0.5, 0.6) is 0 Å². The number of rotatable bonds is 5.